The molecule has 2 N–H and O–H groups in total. The summed E-state index contributed by atoms with van der Waals surface area (Å²) in [6, 6.07) is 16.5. The van der Waals surface area contributed by atoms with E-state index in [1.165, 1.54) is 22.4 Å². The second-order valence-corrected chi connectivity index (χ2v) is 8.26. The molecular formula is C22H28N2OS. The predicted molar refractivity (Wildman–Crippen MR) is 110 cm³/mol. The third-order valence-electron chi connectivity index (χ3n) is 4.93. The highest BCUT2D eigenvalue weighted by Gasteiger charge is 2.23. The highest BCUT2D eigenvalue weighted by Crippen LogP contribution is 2.37. The number of hydrogen-bond donors (Lipinski definition) is 2. The third-order valence-corrected chi connectivity index (χ3v) is 6.36. The molecule has 0 aliphatic carbocycles. The second-order valence-electron chi connectivity index (χ2n) is 7.12. The van der Waals surface area contributed by atoms with Crippen molar-refractivity contribution in [2.75, 3.05) is 19.6 Å². The summed E-state index contributed by atoms with van der Waals surface area (Å²) in [7, 11) is 0. The Morgan fingerprint density at radius 3 is 2.73 bits per heavy atom. The van der Waals surface area contributed by atoms with Gasteiger partial charge in [-0.3, -0.25) is 4.79 Å². The Labute approximate surface area is 161 Å². The van der Waals surface area contributed by atoms with Crippen molar-refractivity contribution >= 4 is 17.7 Å². The Balaban J connectivity index is 1.69. The average Bonchev–Trinajstić information content (AvgIpc) is 3.15. The number of carbonyl (C=O) groups excluding carboxylic acids is 1. The van der Waals surface area contributed by atoms with Crippen LogP contribution < -0.4 is 10.6 Å². The molecule has 0 aromatic heterocycles. The Hall–Kier alpha value is -1.78. The van der Waals surface area contributed by atoms with Crippen molar-refractivity contribution in [2.24, 2.45) is 5.92 Å². The molecular weight excluding hydrogens is 340 g/mol. The number of carbonyl (C=O) groups is 1. The predicted octanol–water partition coefficient (Wildman–Crippen LogP) is 4.25. The highest BCUT2D eigenvalue weighted by molar-refractivity contribution is 8.00. The molecule has 138 valence electrons. The van der Waals surface area contributed by atoms with Gasteiger partial charge >= 0.3 is 0 Å². The monoisotopic (exact) mass is 368 g/mol. The minimum Gasteiger partial charge on any atom is -0.355 e. The molecule has 0 spiro atoms. The molecule has 2 aromatic carbocycles. The standard InChI is InChI=1S/C22H28N2OS/c1-16-8-9-20(17(2)14-16)26-21(19-6-4-3-5-7-19)22(25)24-13-11-18-10-12-23-15-18/h3-9,14,18,21,23H,10-13,15H2,1-2H3,(H,24,25). The fourth-order valence-electron chi connectivity index (χ4n) is 3.41. The molecule has 3 nitrogen and oxygen atoms in total. The van der Waals surface area contributed by atoms with Crippen LogP contribution >= 0.6 is 11.8 Å². The zero-order valence-corrected chi connectivity index (χ0v) is 16.4. The molecule has 1 aliphatic rings. The van der Waals surface area contributed by atoms with Crippen molar-refractivity contribution in [3.63, 3.8) is 0 Å². The first-order valence-corrected chi connectivity index (χ1v) is 10.3. The maximum atomic E-state index is 13.0. The van der Waals surface area contributed by atoms with Crippen LogP contribution in [0.2, 0.25) is 0 Å². The van der Waals surface area contributed by atoms with Crippen molar-refractivity contribution in [3.05, 3.63) is 65.2 Å². The van der Waals surface area contributed by atoms with Crippen LogP contribution in [0.3, 0.4) is 0 Å². The third kappa shape index (κ3) is 5.12. The van der Waals surface area contributed by atoms with E-state index in [1.54, 1.807) is 11.8 Å². The summed E-state index contributed by atoms with van der Waals surface area (Å²) in [5.41, 5.74) is 3.52. The molecule has 4 heteroatoms. The van der Waals surface area contributed by atoms with E-state index in [4.69, 9.17) is 0 Å². The van der Waals surface area contributed by atoms with Crippen LogP contribution in [0.15, 0.2) is 53.4 Å². The van der Waals surface area contributed by atoms with Gasteiger partial charge in [0.25, 0.3) is 0 Å². The highest BCUT2D eigenvalue weighted by atomic mass is 32.2. The summed E-state index contributed by atoms with van der Waals surface area (Å²) in [4.78, 5) is 14.1. The van der Waals surface area contributed by atoms with Crippen molar-refractivity contribution in [3.8, 4) is 0 Å². The van der Waals surface area contributed by atoms with E-state index < -0.39 is 0 Å². The van der Waals surface area contributed by atoms with Crippen molar-refractivity contribution in [2.45, 2.75) is 36.8 Å². The summed E-state index contributed by atoms with van der Waals surface area (Å²) in [6.07, 6.45) is 2.27. The first kappa shape index (κ1) is 19.0. The number of thioether (sulfide) groups is 1. The molecule has 0 bridgehead atoms. The normalized spacial score (nSPS) is 17.8. The summed E-state index contributed by atoms with van der Waals surface area (Å²) in [6.45, 7) is 7.15. The van der Waals surface area contributed by atoms with Gasteiger partial charge in [0.1, 0.15) is 5.25 Å². The lowest BCUT2D eigenvalue weighted by atomic mass is 10.1. The molecule has 1 amide bonds. The minimum atomic E-state index is -0.223. The number of nitrogens with one attached hydrogen (secondary N) is 2. The average molecular weight is 369 g/mol. The molecule has 0 saturated carbocycles. The van der Waals surface area contributed by atoms with Gasteiger partial charge < -0.3 is 10.6 Å². The van der Waals surface area contributed by atoms with E-state index in [9.17, 15) is 4.79 Å². The molecule has 1 aliphatic heterocycles. The number of aryl methyl sites for hydroxylation is 2. The van der Waals surface area contributed by atoms with Crippen LogP contribution in [-0.4, -0.2) is 25.5 Å². The maximum absolute atomic E-state index is 13.0. The van der Waals surface area contributed by atoms with Gasteiger partial charge in [0.2, 0.25) is 5.91 Å². The van der Waals surface area contributed by atoms with Gasteiger partial charge in [-0.1, -0.05) is 48.0 Å². The van der Waals surface area contributed by atoms with Crippen molar-refractivity contribution in [1.82, 2.24) is 10.6 Å². The van der Waals surface area contributed by atoms with Gasteiger partial charge in [-0.05, 0) is 62.9 Å². The molecule has 1 heterocycles. The van der Waals surface area contributed by atoms with Crippen molar-refractivity contribution < 1.29 is 4.79 Å². The fraction of sp³-hybridized carbons (Fsp3) is 0.409. The van der Waals surface area contributed by atoms with Gasteiger partial charge in [0.05, 0.1) is 0 Å². The van der Waals surface area contributed by atoms with E-state index in [0.29, 0.717) is 5.92 Å². The summed E-state index contributed by atoms with van der Waals surface area (Å²) >= 11 is 1.64. The van der Waals surface area contributed by atoms with Gasteiger partial charge in [-0.25, -0.2) is 0 Å². The quantitative estimate of drug-likeness (QED) is 0.718. The van der Waals surface area contributed by atoms with Crippen LogP contribution in [0.5, 0.6) is 0 Å². The summed E-state index contributed by atoms with van der Waals surface area (Å²) in [5.74, 6) is 0.796. The molecule has 1 saturated heterocycles. The second kappa shape index (κ2) is 9.24. The first-order valence-electron chi connectivity index (χ1n) is 9.41. The largest absolute Gasteiger partial charge is 0.355 e. The SMILES string of the molecule is Cc1ccc(SC(C(=O)NCCC2CCNC2)c2ccccc2)c(C)c1. The molecule has 0 radical (unpaired) electrons. The maximum Gasteiger partial charge on any atom is 0.237 e. The lowest BCUT2D eigenvalue weighted by Crippen LogP contribution is -2.30. The molecule has 2 atom stereocenters. The van der Waals surface area contributed by atoms with E-state index in [1.807, 2.05) is 30.3 Å². The van der Waals surface area contributed by atoms with Gasteiger partial charge in [0, 0.05) is 11.4 Å². The smallest absolute Gasteiger partial charge is 0.237 e. The topological polar surface area (TPSA) is 41.1 Å². The summed E-state index contributed by atoms with van der Waals surface area (Å²) in [5, 5.41) is 6.33. The van der Waals surface area contributed by atoms with Crippen LogP contribution in [0.1, 0.15) is 34.8 Å². The zero-order chi connectivity index (χ0) is 18.4. The Morgan fingerprint density at radius 1 is 1.23 bits per heavy atom. The van der Waals surface area contributed by atoms with Crippen molar-refractivity contribution in [1.29, 1.82) is 0 Å². The van der Waals surface area contributed by atoms with Gasteiger partial charge in [-0.2, -0.15) is 0 Å². The van der Waals surface area contributed by atoms with E-state index >= 15 is 0 Å². The van der Waals surface area contributed by atoms with Crippen LogP contribution in [-0.2, 0) is 4.79 Å². The summed E-state index contributed by atoms with van der Waals surface area (Å²) < 4.78 is 0. The molecule has 2 unspecified atom stereocenters. The number of amides is 1. The lowest BCUT2D eigenvalue weighted by molar-refractivity contribution is -0.120. The Kier molecular flexibility index (Phi) is 6.75. The number of rotatable bonds is 7. The molecule has 26 heavy (non-hydrogen) atoms. The Bertz CT molecular complexity index is 726. The fourth-order valence-corrected chi connectivity index (χ4v) is 4.54. The van der Waals surface area contributed by atoms with Gasteiger partial charge in [0.15, 0.2) is 0 Å². The van der Waals surface area contributed by atoms with E-state index in [2.05, 4.69) is 42.7 Å². The van der Waals surface area contributed by atoms with E-state index in [-0.39, 0.29) is 11.2 Å². The first-order chi connectivity index (χ1) is 12.6. The van der Waals surface area contributed by atoms with Crippen LogP contribution in [0, 0.1) is 19.8 Å². The number of benzene rings is 2. The van der Waals surface area contributed by atoms with Crippen LogP contribution in [0.25, 0.3) is 0 Å². The molecule has 1 fully saturated rings. The molecule has 3 rings (SSSR count). The minimum absolute atomic E-state index is 0.104. The van der Waals surface area contributed by atoms with E-state index in [0.717, 1.165) is 31.6 Å². The number of hydrogen-bond acceptors (Lipinski definition) is 3. The Morgan fingerprint density at radius 2 is 2.04 bits per heavy atom. The van der Waals surface area contributed by atoms with Crippen LogP contribution in [0.4, 0.5) is 0 Å². The van der Waals surface area contributed by atoms with Gasteiger partial charge in [-0.15, -0.1) is 11.8 Å². The lowest BCUT2D eigenvalue weighted by Gasteiger charge is -2.19. The molecule has 2 aromatic rings. The zero-order valence-electron chi connectivity index (χ0n) is 15.6.